The number of nitrogens with one attached hydrogen (secondary N) is 3. The molecule has 0 bridgehead atoms. The zero-order valence-electron chi connectivity index (χ0n) is 20.1. The van der Waals surface area contributed by atoms with Crippen LogP contribution in [0.15, 0.2) is 75.7 Å². The summed E-state index contributed by atoms with van der Waals surface area (Å²) in [5.74, 6) is -0.796. The first-order valence-corrected chi connectivity index (χ1v) is 11.3. The van der Waals surface area contributed by atoms with Crippen LogP contribution in [-0.2, 0) is 0 Å². The predicted octanol–water partition coefficient (Wildman–Crippen LogP) is 5.61. The van der Waals surface area contributed by atoms with E-state index in [1.165, 1.54) is 31.4 Å². The van der Waals surface area contributed by atoms with Gasteiger partial charge >= 0.3 is 5.69 Å². The second kappa shape index (κ2) is 9.50. The van der Waals surface area contributed by atoms with Crippen molar-refractivity contribution in [3.8, 4) is 11.5 Å². The summed E-state index contributed by atoms with van der Waals surface area (Å²) in [6, 6.07) is 15.8. The average Bonchev–Trinajstić information content (AvgIpc) is 3.26. The number of aryl methyl sites for hydroxylation is 1. The number of phenols is 1. The maximum Gasteiger partial charge on any atom is 0.323 e. The maximum atomic E-state index is 13.3. The maximum absolute atomic E-state index is 13.3. The van der Waals surface area contributed by atoms with Crippen molar-refractivity contribution in [3.05, 3.63) is 92.4 Å². The highest BCUT2D eigenvalue weighted by Gasteiger charge is 2.20. The number of nitro groups is 1. The van der Waals surface area contributed by atoms with Crippen molar-refractivity contribution in [2.45, 2.75) is 6.92 Å². The molecule has 5 rings (SSSR count). The first-order chi connectivity index (χ1) is 18.2. The van der Waals surface area contributed by atoms with E-state index in [9.17, 15) is 24.8 Å². The number of carbonyl (C=O) groups is 1. The standard InChI is InChI=1S/C26H20N6O6/c1-13-9-20-21(29-26(35)28-20)12-19(13)27-25(34)17-10-14-5-3-4-6-16(14)23(24(17)33)31-30-18-8-7-15(38-2)11-22(18)32(36)37/h3-12,33H,1-2H3,(H,27,34)(H2,28,29,35). The smallest absolute Gasteiger partial charge is 0.323 e. The summed E-state index contributed by atoms with van der Waals surface area (Å²) >= 11 is 0. The number of phenolic OH excluding ortho intramolecular Hbond substituents is 1. The fourth-order valence-corrected chi connectivity index (χ4v) is 4.07. The number of benzene rings is 4. The minimum absolute atomic E-state index is 0.0273. The molecule has 38 heavy (non-hydrogen) atoms. The second-order valence-corrected chi connectivity index (χ2v) is 8.40. The summed E-state index contributed by atoms with van der Waals surface area (Å²) in [4.78, 5) is 41.1. The Morgan fingerprint density at radius 2 is 1.79 bits per heavy atom. The Labute approximate surface area is 213 Å². The van der Waals surface area contributed by atoms with Crippen LogP contribution in [0.2, 0.25) is 0 Å². The van der Waals surface area contributed by atoms with Crippen LogP contribution >= 0.6 is 0 Å². The van der Waals surface area contributed by atoms with Gasteiger partial charge in [0.05, 0.1) is 34.7 Å². The molecule has 4 aromatic carbocycles. The lowest BCUT2D eigenvalue weighted by molar-refractivity contribution is -0.384. The normalized spacial score (nSPS) is 11.3. The number of imidazole rings is 1. The Morgan fingerprint density at radius 1 is 1.05 bits per heavy atom. The molecule has 0 spiro atoms. The number of carbonyl (C=O) groups excluding carboxylic acids is 1. The Kier molecular flexibility index (Phi) is 6.05. The highest BCUT2D eigenvalue weighted by molar-refractivity contribution is 6.12. The van der Waals surface area contributed by atoms with Gasteiger partial charge in [-0.1, -0.05) is 24.3 Å². The van der Waals surface area contributed by atoms with Gasteiger partial charge in [-0.05, 0) is 48.2 Å². The van der Waals surface area contributed by atoms with Gasteiger partial charge in [-0.3, -0.25) is 14.9 Å². The number of hydrogen-bond donors (Lipinski definition) is 4. The lowest BCUT2D eigenvalue weighted by Gasteiger charge is -2.12. The minimum atomic E-state index is -0.625. The first-order valence-electron chi connectivity index (χ1n) is 11.3. The van der Waals surface area contributed by atoms with Gasteiger partial charge in [-0.25, -0.2) is 4.79 Å². The van der Waals surface area contributed by atoms with Gasteiger partial charge in [0, 0.05) is 11.1 Å². The number of amides is 1. The van der Waals surface area contributed by atoms with Crippen molar-refractivity contribution in [3.63, 3.8) is 0 Å². The van der Waals surface area contributed by atoms with E-state index in [4.69, 9.17) is 4.74 Å². The van der Waals surface area contributed by atoms with E-state index >= 15 is 0 Å². The summed E-state index contributed by atoms with van der Waals surface area (Å²) in [5.41, 5.74) is 1.35. The molecule has 1 amide bonds. The number of aromatic hydroxyl groups is 1. The van der Waals surface area contributed by atoms with E-state index in [0.29, 0.717) is 33.1 Å². The number of azo groups is 1. The molecule has 0 fully saturated rings. The summed E-state index contributed by atoms with van der Waals surface area (Å²) < 4.78 is 5.04. The van der Waals surface area contributed by atoms with Crippen LogP contribution in [0.5, 0.6) is 11.5 Å². The van der Waals surface area contributed by atoms with Crippen molar-refractivity contribution in [1.82, 2.24) is 9.97 Å². The van der Waals surface area contributed by atoms with Crippen LogP contribution in [0.25, 0.3) is 21.8 Å². The van der Waals surface area contributed by atoms with E-state index in [1.807, 2.05) is 0 Å². The van der Waals surface area contributed by atoms with Crippen LogP contribution in [0, 0.1) is 17.0 Å². The number of hydrogen-bond acceptors (Lipinski definition) is 8. The summed E-state index contributed by atoms with van der Waals surface area (Å²) in [7, 11) is 1.39. The molecular formula is C26H20N6O6. The molecule has 0 saturated heterocycles. The van der Waals surface area contributed by atoms with Gasteiger partial charge in [0.15, 0.2) is 11.4 Å². The van der Waals surface area contributed by atoms with E-state index in [2.05, 4.69) is 25.5 Å². The molecule has 0 aliphatic carbocycles. The summed E-state index contributed by atoms with van der Waals surface area (Å²) in [6.07, 6.45) is 0. The van der Waals surface area contributed by atoms with Gasteiger partial charge in [-0.15, -0.1) is 10.2 Å². The van der Waals surface area contributed by atoms with Gasteiger partial charge in [0.1, 0.15) is 11.4 Å². The zero-order valence-corrected chi connectivity index (χ0v) is 20.1. The highest BCUT2D eigenvalue weighted by atomic mass is 16.6. The quantitative estimate of drug-likeness (QED) is 0.131. The van der Waals surface area contributed by atoms with Crippen LogP contribution < -0.4 is 15.7 Å². The number of aromatic amines is 2. The molecule has 1 heterocycles. The number of aromatic nitrogens is 2. The molecule has 4 N–H and O–H groups in total. The topological polar surface area (TPSA) is 175 Å². The second-order valence-electron chi connectivity index (χ2n) is 8.40. The highest BCUT2D eigenvalue weighted by Crippen LogP contribution is 2.41. The van der Waals surface area contributed by atoms with Crippen LogP contribution in [0.1, 0.15) is 15.9 Å². The number of anilines is 1. The number of fused-ring (bicyclic) bond motifs is 2. The van der Waals surface area contributed by atoms with Crippen LogP contribution in [0.4, 0.5) is 22.7 Å². The summed E-state index contributed by atoms with van der Waals surface area (Å²) in [5, 5.41) is 34.6. The monoisotopic (exact) mass is 512 g/mol. The molecule has 0 aliphatic rings. The minimum Gasteiger partial charge on any atom is -0.505 e. The van der Waals surface area contributed by atoms with E-state index < -0.39 is 16.6 Å². The first kappa shape index (κ1) is 24.2. The third-order valence-corrected chi connectivity index (χ3v) is 5.99. The molecule has 12 heteroatoms. The number of methoxy groups -OCH3 is 1. The molecular weight excluding hydrogens is 492 g/mol. The van der Waals surface area contributed by atoms with Crippen molar-refractivity contribution in [2.24, 2.45) is 10.2 Å². The van der Waals surface area contributed by atoms with Gasteiger partial charge < -0.3 is 25.1 Å². The Morgan fingerprint density at radius 3 is 2.53 bits per heavy atom. The van der Waals surface area contributed by atoms with Crippen LogP contribution in [0.3, 0.4) is 0 Å². The molecule has 0 unspecified atom stereocenters. The predicted molar refractivity (Wildman–Crippen MR) is 141 cm³/mol. The molecule has 0 radical (unpaired) electrons. The van der Waals surface area contributed by atoms with Crippen molar-refractivity contribution >= 4 is 50.5 Å². The lowest BCUT2D eigenvalue weighted by Crippen LogP contribution is -2.13. The zero-order chi connectivity index (χ0) is 27.0. The molecule has 0 aliphatic heterocycles. The van der Waals surface area contributed by atoms with Crippen molar-refractivity contribution < 1.29 is 19.6 Å². The van der Waals surface area contributed by atoms with E-state index in [-0.39, 0.29) is 34.1 Å². The number of nitrogens with zero attached hydrogens (tertiary/aromatic N) is 3. The lowest BCUT2D eigenvalue weighted by atomic mass is 10.0. The Hall–Kier alpha value is -5.52. The molecule has 5 aromatic rings. The number of H-pyrrole nitrogens is 2. The average molecular weight is 512 g/mol. The van der Waals surface area contributed by atoms with Crippen molar-refractivity contribution in [2.75, 3.05) is 12.4 Å². The van der Waals surface area contributed by atoms with E-state index in [0.717, 1.165) is 0 Å². The molecule has 0 atom stereocenters. The fraction of sp³-hybridized carbons (Fsp3) is 0.0769. The van der Waals surface area contributed by atoms with Gasteiger partial charge in [0.2, 0.25) is 0 Å². The fourth-order valence-electron chi connectivity index (χ4n) is 4.07. The van der Waals surface area contributed by atoms with Gasteiger partial charge in [0.25, 0.3) is 11.6 Å². The number of rotatable bonds is 6. The number of nitro benzene ring substituents is 1. The molecule has 0 saturated carbocycles. The SMILES string of the molecule is COc1ccc(N=Nc2c(O)c(C(=O)Nc3cc4[nH]c(=O)[nH]c4cc3C)cc3ccccc23)c([N+](=O)[O-])c1. The Balaban J connectivity index is 1.58. The number of ether oxygens (including phenoxy) is 1. The third-order valence-electron chi connectivity index (χ3n) is 5.99. The largest absolute Gasteiger partial charge is 0.505 e. The molecule has 12 nitrogen and oxygen atoms in total. The van der Waals surface area contributed by atoms with E-state index in [1.54, 1.807) is 43.3 Å². The summed E-state index contributed by atoms with van der Waals surface area (Å²) in [6.45, 7) is 1.77. The molecule has 1 aromatic heterocycles. The van der Waals surface area contributed by atoms with Gasteiger partial charge in [-0.2, -0.15) is 0 Å². The Bertz CT molecular complexity index is 1840. The molecule has 190 valence electrons. The van der Waals surface area contributed by atoms with Crippen molar-refractivity contribution in [1.29, 1.82) is 0 Å². The van der Waals surface area contributed by atoms with Crippen LogP contribution in [-0.4, -0.2) is 33.0 Å². The third kappa shape index (κ3) is 4.41.